The Balaban J connectivity index is 1.51. The minimum atomic E-state index is -3.17. The summed E-state index contributed by atoms with van der Waals surface area (Å²) in [4.78, 5) is 17.4. The maximum Gasteiger partial charge on any atom is 0.223 e. The largest absolute Gasteiger partial charge is 0.357 e. The fraction of sp³-hybridized carbons (Fsp3) is 0.636. The van der Waals surface area contributed by atoms with Crippen LogP contribution in [0.15, 0.2) is 34.2 Å². The van der Waals surface area contributed by atoms with Gasteiger partial charge in [0.25, 0.3) is 0 Å². The smallest absolute Gasteiger partial charge is 0.223 e. The number of aliphatic imine (C=N–C) groups is 1. The molecule has 0 aromatic heterocycles. The number of carbonyl (C=O) groups excluding carboxylic acids is 1. The monoisotopic (exact) mass is 434 g/mol. The van der Waals surface area contributed by atoms with Gasteiger partial charge in [-0.1, -0.05) is 18.6 Å². The van der Waals surface area contributed by atoms with Crippen molar-refractivity contribution in [3.05, 3.63) is 29.8 Å². The van der Waals surface area contributed by atoms with E-state index in [0.717, 1.165) is 63.0 Å². The minimum absolute atomic E-state index is 0.0908. The Morgan fingerprint density at radius 1 is 1.07 bits per heavy atom. The summed E-state index contributed by atoms with van der Waals surface area (Å²) >= 11 is 0. The Morgan fingerprint density at radius 2 is 1.80 bits per heavy atom. The summed E-state index contributed by atoms with van der Waals surface area (Å²) < 4.78 is 23.1. The molecule has 0 radical (unpaired) electrons. The molecule has 0 spiro atoms. The highest BCUT2D eigenvalue weighted by Crippen LogP contribution is 2.26. The lowest BCUT2D eigenvalue weighted by atomic mass is 9.85. The second kappa shape index (κ2) is 10.3. The molecular weight excluding hydrogens is 400 g/mol. The van der Waals surface area contributed by atoms with Crippen LogP contribution in [-0.4, -0.2) is 51.7 Å². The standard InChI is InChI=1S/C22H34N4O3S/c1-3-23-22(24-14-13-16-7-11-20(12-8-16)30(2,28)29)26-19-6-4-5-17(15-19)21(27)25-18-9-10-18/h7-8,11-12,17-19H,3-6,9-10,13-15H2,1-2H3,(H,25,27)(H2,23,24,26). The molecule has 2 aliphatic carbocycles. The zero-order valence-corrected chi connectivity index (χ0v) is 18.8. The van der Waals surface area contributed by atoms with Gasteiger partial charge < -0.3 is 16.0 Å². The first-order valence-corrected chi connectivity index (χ1v) is 12.9. The van der Waals surface area contributed by atoms with Gasteiger partial charge in [0.15, 0.2) is 15.8 Å². The van der Waals surface area contributed by atoms with E-state index in [9.17, 15) is 13.2 Å². The topological polar surface area (TPSA) is 99.7 Å². The SMILES string of the molecule is CCNC(=NCCc1ccc(S(C)(=O)=O)cc1)NC1CCCC(C(=O)NC2CC2)C1. The van der Waals surface area contributed by atoms with Gasteiger partial charge in [-0.25, -0.2) is 8.42 Å². The number of benzene rings is 1. The molecule has 1 aromatic rings. The van der Waals surface area contributed by atoms with Crippen LogP contribution >= 0.6 is 0 Å². The highest BCUT2D eigenvalue weighted by Gasteiger charge is 2.31. The molecule has 0 saturated heterocycles. The molecule has 166 valence electrons. The van der Waals surface area contributed by atoms with Gasteiger partial charge in [-0.3, -0.25) is 9.79 Å². The molecule has 2 unspecified atom stereocenters. The molecule has 0 bridgehead atoms. The third-order valence-corrected chi connectivity index (χ3v) is 6.80. The zero-order chi connectivity index (χ0) is 21.6. The Bertz CT molecular complexity index is 848. The van der Waals surface area contributed by atoms with Crippen molar-refractivity contribution in [3.63, 3.8) is 0 Å². The molecule has 1 amide bonds. The molecule has 3 rings (SSSR count). The van der Waals surface area contributed by atoms with E-state index in [0.29, 0.717) is 17.5 Å². The molecule has 30 heavy (non-hydrogen) atoms. The summed E-state index contributed by atoms with van der Waals surface area (Å²) in [6.07, 6.45) is 8.09. The van der Waals surface area contributed by atoms with Crippen LogP contribution in [0.1, 0.15) is 51.0 Å². The van der Waals surface area contributed by atoms with Gasteiger partial charge >= 0.3 is 0 Å². The van der Waals surface area contributed by atoms with Crippen molar-refractivity contribution in [3.8, 4) is 0 Å². The average Bonchev–Trinajstić information content (AvgIpc) is 3.52. The van der Waals surface area contributed by atoms with Crippen molar-refractivity contribution in [2.24, 2.45) is 10.9 Å². The van der Waals surface area contributed by atoms with Crippen LogP contribution in [-0.2, 0) is 21.1 Å². The van der Waals surface area contributed by atoms with E-state index in [-0.39, 0.29) is 17.9 Å². The minimum Gasteiger partial charge on any atom is -0.357 e. The number of sulfone groups is 1. The Hall–Kier alpha value is -2.09. The highest BCUT2D eigenvalue weighted by molar-refractivity contribution is 7.90. The predicted molar refractivity (Wildman–Crippen MR) is 119 cm³/mol. The molecule has 2 aliphatic rings. The van der Waals surface area contributed by atoms with Crippen molar-refractivity contribution in [1.82, 2.24) is 16.0 Å². The number of rotatable bonds is 8. The van der Waals surface area contributed by atoms with Crippen LogP contribution in [0.25, 0.3) is 0 Å². The van der Waals surface area contributed by atoms with Gasteiger partial charge in [0.05, 0.1) is 4.90 Å². The maximum atomic E-state index is 12.4. The van der Waals surface area contributed by atoms with Crippen molar-refractivity contribution < 1.29 is 13.2 Å². The van der Waals surface area contributed by atoms with Crippen LogP contribution in [0.3, 0.4) is 0 Å². The normalized spacial score (nSPS) is 22.4. The Labute approximate surface area is 180 Å². The second-order valence-electron chi connectivity index (χ2n) is 8.41. The summed E-state index contributed by atoms with van der Waals surface area (Å²) in [6.45, 7) is 3.41. The fourth-order valence-electron chi connectivity index (χ4n) is 3.82. The van der Waals surface area contributed by atoms with Gasteiger partial charge in [0.1, 0.15) is 0 Å². The van der Waals surface area contributed by atoms with E-state index in [1.54, 1.807) is 12.1 Å². The summed E-state index contributed by atoms with van der Waals surface area (Å²) in [5.41, 5.74) is 1.05. The van der Waals surface area contributed by atoms with Gasteiger partial charge in [-0.05, 0) is 63.1 Å². The van der Waals surface area contributed by atoms with Gasteiger partial charge in [0.2, 0.25) is 5.91 Å². The van der Waals surface area contributed by atoms with Crippen LogP contribution in [0.4, 0.5) is 0 Å². The van der Waals surface area contributed by atoms with E-state index in [4.69, 9.17) is 0 Å². The maximum absolute atomic E-state index is 12.4. The predicted octanol–water partition coefficient (Wildman–Crippen LogP) is 2.03. The van der Waals surface area contributed by atoms with Gasteiger partial charge in [-0.15, -0.1) is 0 Å². The summed E-state index contributed by atoms with van der Waals surface area (Å²) in [5, 5.41) is 9.93. The molecule has 8 heteroatoms. The summed E-state index contributed by atoms with van der Waals surface area (Å²) in [7, 11) is -3.17. The molecule has 2 saturated carbocycles. The number of carbonyl (C=O) groups is 1. The van der Waals surface area contributed by atoms with Crippen LogP contribution in [0.2, 0.25) is 0 Å². The average molecular weight is 435 g/mol. The van der Waals surface area contributed by atoms with E-state index >= 15 is 0 Å². The Kier molecular flexibility index (Phi) is 7.75. The second-order valence-corrected chi connectivity index (χ2v) is 10.4. The van der Waals surface area contributed by atoms with E-state index in [1.807, 2.05) is 19.1 Å². The number of hydrogen-bond acceptors (Lipinski definition) is 4. The van der Waals surface area contributed by atoms with Crippen molar-refractivity contribution in [2.45, 2.75) is 68.8 Å². The third kappa shape index (κ3) is 7.00. The highest BCUT2D eigenvalue weighted by atomic mass is 32.2. The van der Waals surface area contributed by atoms with Crippen LogP contribution in [0, 0.1) is 5.92 Å². The molecule has 2 atom stereocenters. The van der Waals surface area contributed by atoms with E-state index in [2.05, 4.69) is 20.9 Å². The van der Waals surface area contributed by atoms with Gasteiger partial charge in [0, 0.05) is 37.3 Å². The summed E-state index contributed by atoms with van der Waals surface area (Å²) in [5.74, 6) is 1.08. The number of nitrogens with zero attached hydrogens (tertiary/aromatic N) is 1. The quantitative estimate of drug-likeness (QED) is 0.429. The lowest BCUT2D eigenvalue weighted by Crippen LogP contribution is -2.47. The Morgan fingerprint density at radius 3 is 2.43 bits per heavy atom. The fourth-order valence-corrected chi connectivity index (χ4v) is 4.45. The third-order valence-electron chi connectivity index (χ3n) is 5.68. The lowest BCUT2D eigenvalue weighted by Gasteiger charge is -2.30. The first-order chi connectivity index (χ1) is 14.3. The van der Waals surface area contributed by atoms with Crippen molar-refractivity contribution in [1.29, 1.82) is 0 Å². The molecule has 0 aliphatic heterocycles. The van der Waals surface area contributed by atoms with E-state index < -0.39 is 9.84 Å². The number of guanidine groups is 1. The molecule has 1 aromatic carbocycles. The van der Waals surface area contributed by atoms with Crippen LogP contribution in [0.5, 0.6) is 0 Å². The zero-order valence-electron chi connectivity index (χ0n) is 18.0. The number of hydrogen-bond donors (Lipinski definition) is 3. The molecule has 7 nitrogen and oxygen atoms in total. The molecule has 2 fully saturated rings. The van der Waals surface area contributed by atoms with E-state index in [1.165, 1.54) is 6.26 Å². The number of amides is 1. The van der Waals surface area contributed by atoms with Crippen LogP contribution < -0.4 is 16.0 Å². The first-order valence-electron chi connectivity index (χ1n) is 11.0. The van der Waals surface area contributed by atoms with Crippen molar-refractivity contribution >= 4 is 21.7 Å². The molecular formula is C22H34N4O3S. The van der Waals surface area contributed by atoms with Gasteiger partial charge in [-0.2, -0.15) is 0 Å². The molecule has 0 heterocycles. The summed E-state index contributed by atoms with van der Waals surface area (Å²) in [6, 6.07) is 7.64. The first kappa shape index (κ1) is 22.6. The van der Waals surface area contributed by atoms with Crippen molar-refractivity contribution in [2.75, 3.05) is 19.3 Å². The lowest BCUT2D eigenvalue weighted by molar-refractivity contribution is -0.126. The number of nitrogens with one attached hydrogen (secondary N) is 3. The molecule has 3 N–H and O–H groups in total.